The number of aryl methyl sites for hydroxylation is 2. The molecule has 0 unspecified atom stereocenters. The summed E-state index contributed by atoms with van der Waals surface area (Å²) in [5.74, 6) is -0.945. The Kier molecular flexibility index (Phi) is 28.7. The van der Waals surface area contributed by atoms with Gasteiger partial charge in [-0.2, -0.15) is 0 Å². The van der Waals surface area contributed by atoms with Crippen molar-refractivity contribution in [2.75, 3.05) is 0 Å². The predicted molar refractivity (Wildman–Crippen MR) is 245 cm³/mol. The van der Waals surface area contributed by atoms with Crippen molar-refractivity contribution < 1.29 is 50.1 Å². The van der Waals surface area contributed by atoms with E-state index in [2.05, 4.69) is 30.3 Å². The van der Waals surface area contributed by atoms with Crippen molar-refractivity contribution in [2.45, 2.75) is 187 Å². The van der Waals surface area contributed by atoms with Gasteiger partial charge < -0.3 is 40.5 Å². The van der Waals surface area contributed by atoms with E-state index in [0.717, 1.165) is 25.7 Å². The smallest absolute Gasteiger partial charge is 0.306 e. The number of ether oxygens (including phenoxy) is 1. The highest BCUT2D eigenvalue weighted by molar-refractivity contribution is 5.69. The molecular weight excluding hydrogens is 773 g/mol. The molecule has 10 heteroatoms. The van der Waals surface area contributed by atoms with E-state index in [4.69, 9.17) is 9.84 Å². The van der Waals surface area contributed by atoms with Gasteiger partial charge in [-0.25, -0.2) is 0 Å². The number of aliphatic hydroxyl groups excluding tert-OH is 6. The van der Waals surface area contributed by atoms with Crippen LogP contribution >= 0.6 is 0 Å². The van der Waals surface area contributed by atoms with Crippen LogP contribution in [0, 0.1) is 23.7 Å². The monoisotopic (exact) mass is 855 g/mol. The number of carboxylic acid groups (broad SMARTS) is 1. The first kappa shape index (κ1) is 55.6. The Morgan fingerprint density at radius 2 is 1.00 bits per heavy atom. The van der Waals surface area contributed by atoms with E-state index in [0.29, 0.717) is 83.5 Å². The summed E-state index contributed by atoms with van der Waals surface area (Å²) in [6.07, 6.45) is 16.5. The Hall–Kier alpha value is -3.38. The zero-order valence-electron chi connectivity index (χ0n) is 35.5. The van der Waals surface area contributed by atoms with Gasteiger partial charge in [-0.3, -0.25) is 9.59 Å². The molecule has 0 bridgehead atoms. The summed E-state index contributed by atoms with van der Waals surface area (Å²) in [5, 5.41) is 70.8. The normalized spacial score (nSPS) is 24.5. The van der Waals surface area contributed by atoms with Crippen LogP contribution in [0.25, 0.3) is 0 Å². The molecule has 4 rings (SSSR count). The lowest BCUT2D eigenvalue weighted by Crippen LogP contribution is -2.23. The van der Waals surface area contributed by atoms with Crippen LogP contribution in [0.15, 0.2) is 85.0 Å². The van der Waals surface area contributed by atoms with E-state index in [-0.39, 0.29) is 57.0 Å². The van der Waals surface area contributed by atoms with E-state index in [1.807, 2.05) is 68.5 Å². The standard InChI is InChI=1S/C26H40O5.C23H34O5.2CH4/c1-19(2)31-26(30)13-9-4-3-8-12-22-23(25(29)18-24(22)28)17-16-21(27)15-14-20-10-6-5-7-11-20;24-18(13-12-17-8-4-3-5-9-17)14-15-20-19(21(25)16-22(20)26)10-6-1-2-7-11-23(27)28;;/h3,5-8,10-11,19,21-25,27-29H,4,9,12-18H2,1-2H3;1,3-6,8-9,18-22,24-26H,2,7,10-16H2,(H,27,28);2*1H4/b8-3-;6-1-;;/t21-,22+,23+,24-,25+;18-,19+,20+,21-,22+;;/m00../s1. The Morgan fingerprint density at radius 3 is 1.39 bits per heavy atom. The number of rotatable bonds is 25. The molecule has 2 saturated carbocycles. The third-order valence-corrected chi connectivity index (χ3v) is 12.0. The lowest BCUT2D eigenvalue weighted by atomic mass is 9.85. The fourth-order valence-electron chi connectivity index (χ4n) is 8.63. The summed E-state index contributed by atoms with van der Waals surface area (Å²) < 4.78 is 5.12. The van der Waals surface area contributed by atoms with Crippen molar-refractivity contribution in [1.29, 1.82) is 0 Å². The number of esters is 1. The van der Waals surface area contributed by atoms with Crippen LogP contribution in [0.4, 0.5) is 0 Å². The molecule has 0 aliphatic heterocycles. The molecule has 2 aromatic carbocycles. The lowest BCUT2D eigenvalue weighted by molar-refractivity contribution is -0.147. The van der Waals surface area contributed by atoms with Gasteiger partial charge in [0.2, 0.25) is 0 Å². The van der Waals surface area contributed by atoms with Crippen LogP contribution < -0.4 is 0 Å². The molecule has 0 spiro atoms. The first-order valence-electron chi connectivity index (χ1n) is 22.2. The first-order chi connectivity index (χ1) is 28.3. The van der Waals surface area contributed by atoms with E-state index in [9.17, 15) is 40.2 Å². The number of allylic oxidation sites excluding steroid dienone is 4. The molecule has 0 heterocycles. The largest absolute Gasteiger partial charge is 0.481 e. The Bertz CT molecular complexity index is 1480. The Balaban J connectivity index is 0.000000593. The minimum Gasteiger partial charge on any atom is -0.481 e. The second-order valence-electron chi connectivity index (χ2n) is 17.0. The van der Waals surface area contributed by atoms with Gasteiger partial charge in [0, 0.05) is 12.8 Å². The first-order valence-corrected chi connectivity index (χ1v) is 22.2. The summed E-state index contributed by atoms with van der Waals surface area (Å²) in [7, 11) is 0. The summed E-state index contributed by atoms with van der Waals surface area (Å²) in [6, 6.07) is 20.2. The van der Waals surface area contributed by atoms with Crippen LogP contribution in [0.3, 0.4) is 0 Å². The van der Waals surface area contributed by atoms with Crippen molar-refractivity contribution in [3.05, 3.63) is 96.1 Å². The molecule has 2 aliphatic carbocycles. The molecule has 346 valence electrons. The minimum absolute atomic E-state index is 0. The number of aliphatic carboxylic acids is 1. The molecule has 0 saturated heterocycles. The predicted octanol–water partition coefficient (Wildman–Crippen LogP) is 8.78. The maximum absolute atomic E-state index is 11.5. The molecule has 0 amide bonds. The average molecular weight is 855 g/mol. The van der Waals surface area contributed by atoms with E-state index < -0.39 is 42.6 Å². The summed E-state index contributed by atoms with van der Waals surface area (Å²) in [5.41, 5.74) is 2.43. The van der Waals surface area contributed by atoms with Gasteiger partial charge in [0.15, 0.2) is 0 Å². The lowest BCUT2D eigenvalue weighted by Gasteiger charge is -2.23. The van der Waals surface area contributed by atoms with Crippen LogP contribution in [-0.4, -0.2) is 90.4 Å². The van der Waals surface area contributed by atoms with Crippen molar-refractivity contribution in [3.8, 4) is 0 Å². The molecule has 7 N–H and O–H groups in total. The SMILES string of the molecule is C.C.CC(C)OC(=O)CCC/C=C\C[C@@H]1[C@@H](CC[C@@H](O)CCc2ccccc2)[C@H](O)C[C@@H]1O.O=C(O)CCC/C=C\C[C@@H]1[C@@H](CC[C@@H](O)CCc2ccccc2)[C@H](O)C[C@@H]1O. The molecule has 0 radical (unpaired) electrons. The van der Waals surface area contributed by atoms with Gasteiger partial charge in [-0.05, 0) is 151 Å². The Labute approximate surface area is 367 Å². The van der Waals surface area contributed by atoms with Crippen molar-refractivity contribution in [3.63, 3.8) is 0 Å². The molecule has 61 heavy (non-hydrogen) atoms. The highest BCUT2D eigenvalue weighted by Gasteiger charge is 2.41. The quantitative estimate of drug-likeness (QED) is 0.0289. The number of carbonyl (C=O) groups is 2. The van der Waals surface area contributed by atoms with Crippen molar-refractivity contribution >= 4 is 11.9 Å². The van der Waals surface area contributed by atoms with E-state index >= 15 is 0 Å². The number of unbranched alkanes of at least 4 members (excludes halogenated alkanes) is 2. The number of hydrogen-bond acceptors (Lipinski definition) is 9. The summed E-state index contributed by atoms with van der Waals surface area (Å²) in [6.45, 7) is 3.69. The van der Waals surface area contributed by atoms with Gasteiger partial charge in [-0.15, -0.1) is 0 Å². The topological polar surface area (TPSA) is 185 Å². The number of hydrogen-bond donors (Lipinski definition) is 7. The number of carbonyl (C=O) groups excluding carboxylic acids is 1. The van der Waals surface area contributed by atoms with Crippen molar-refractivity contribution in [2.24, 2.45) is 23.7 Å². The molecule has 2 fully saturated rings. The highest BCUT2D eigenvalue weighted by Crippen LogP contribution is 2.40. The molecule has 2 aromatic rings. The maximum Gasteiger partial charge on any atom is 0.306 e. The fourth-order valence-corrected chi connectivity index (χ4v) is 8.63. The highest BCUT2D eigenvalue weighted by atomic mass is 16.5. The number of carboxylic acids is 1. The van der Waals surface area contributed by atoms with Crippen LogP contribution in [0.1, 0.15) is 143 Å². The minimum atomic E-state index is -0.784. The zero-order chi connectivity index (χ0) is 43.0. The second kappa shape index (κ2) is 31.5. The third-order valence-electron chi connectivity index (χ3n) is 12.0. The van der Waals surface area contributed by atoms with Crippen LogP contribution in [0.2, 0.25) is 0 Å². The second-order valence-corrected chi connectivity index (χ2v) is 17.0. The molecule has 0 aromatic heterocycles. The zero-order valence-corrected chi connectivity index (χ0v) is 35.5. The summed E-state index contributed by atoms with van der Waals surface area (Å²) in [4.78, 5) is 22.1. The van der Waals surface area contributed by atoms with Crippen molar-refractivity contribution in [1.82, 2.24) is 0 Å². The van der Waals surface area contributed by atoms with E-state index in [1.54, 1.807) is 0 Å². The fraction of sp³-hybridized carbons (Fsp3) is 0.647. The Morgan fingerprint density at radius 1 is 0.607 bits per heavy atom. The van der Waals surface area contributed by atoms with Gasteiger partial charge in [-0.1, -0.05) is 99.8 Å². The molecule has 2 aliphatic rings. The third kappa shape index (κ3) is 22.5. The average Bonchev–Trinajstić information content (AvgIpc) is 3.64. The van der Waals surface area contributed by atoms with Crippen LogP contribution in [-0.2, 0) is 27.2 Å². The molecular formula is C51H82O10. The molecule has 10 atom stereocenters. The maximum atomic E-state index is 11.5. The van der Waals surface area contributed by atoms with Gasteiger partial charge in [0.05, 0.1) is 42.7 Å². The van der Waals surface area contributed by atoms with E-state index in [1.165, 1.54) is 11.1 Å². The van der Waals surface area contributed by atoms with Gasteiger partial charge in [0.1, 0.15) is 0 Å². The molecule has 10 nitrogen and oxygen atoms in total. The number of benzene rings is 2. The van der Waals surface area contributed by atoms with Gasteiger partial charge >= 0.3 is 11.9 Å². The number of aliphatic hydroxyl groups is 6. The summed E-state index contributed by atoms with van der Waals surface area (Å²) >= 11 is 0. The van der Waals surface area contributed by atoms with Gasteiger partial charge in [0.25, 0.3) is 0 Å². The van der Waals surface area contributed by atoms with Crippen LogP contribution in [0.5, 0.6) is 0 Å².